The molecule has 0 radical (unpaired) electrons. The second kappa shape index (κ2) is 6.26. The molecule has 0 saturated heterocycles. The highest BCUT2D eigenvalue weighted by molar-refractivity contribution is 6.36. The summed E-state index contributed by atoms with van der Waals surface area (Å²) in [5.41, 5.74) is 0.938. The van der Waals surface area contributed by atoms with Gasteiger partial charge in [0.05, 0.1) is 16.4 Å². The maximum Gasteiger partial charge on any atom is 0.340 e. The van der Waals surface area contributed by atoms with E-state index >= 15 is 0 Å². The number of carbonyl (C=O) groups is 1. The number of hydrogen-bond acceptors (Lipinski definition) is 2. The molecule has 0 aliphatic carbocycles. The number of halogens is 3. The molecule has 1 aromatic heterocycles. The molecule has 112 valence electrons. The van der Waals surface area contributed by atoms with Gasteiger partial charge in [-0.15, -0.1) is 0 Å². The second-order valence-electron chi connectivity index (χ2n) is 5.02. The van der Waals surface area contributed by atoms with Crippen LogP contribution >= 0.6 is 34.8 Å². The number of aromatic nitrogens is 2. The van der Waals surface area contributed by atoms with E-state index in [1.807, 2.05) is 13.8 Å². The molecule has 0 spiro atoms. The minimum atomic E-state index is -1.10. The number of benzene rings is 1. The van der Waals surface area contributed by atoms with Gasteiger partial charge >= 0.3 is 5.97 Å². The van der Waals surface area contributed by atoms with Crippen LogP contribution in [0.3, 0.4) is 0 Å². The van der Waals surface area contributed by atoms with E-state index in [0.717, 1.165) is 0 Å². The van der Waals surface area contributed by atoms with Gasteiger partial charge in [-0.05, 0) is 30.5 Å². The van der Waals surface area contributed by atoms with Gasteiger partial charge in [0.15, 0.2) is 0 Å². The normalized spacial score (nSPS) is 11.1. The number of hydrogen-bond donors (Lipinski definition) is 1. The van der Waals surface area contributed by atoms with Crippen molar-refractivity contribution in [3.05, 3.63) is 44.7 Å². The van der Waals surface area contributed by atoms with Gasteiger partial charge in [-0.2, -0.15) is 5.10 Å². The van der Waals surface area contributed by atoms with Gasteiger partial charge in [0.25, 0.3) is 0 Å². The molecule has 0 atom stereocenters. The van der Waals surface area contributed by atoms with Crippen LogP contribution in [0.4, 0.5) is 0 Å². The minimum Gasteiger partial charge on any atom is -0.478 e. The summed E-state index contributed by atoms with van der Waals surface area (Å²) < 4.78 is 1.33. The smallest absolute Gasteiger partial charge is 0.340 e. The summed E-state index contributed by atoms with van der Waals surface area (Å²) in [6.45, 7) is 3.96. The fourth-order valence-corrected chi connectivity index (χ4v) is 2.80. The summed E-state index contributed by atoms with van der Waals surface area (Å²) in [6.07, 6.45) is 0.513. The largest absolute Gasteiger partial charge is 0.478 e. The lowest BCUT2D eigenvalue weighted by Gasteiger charge is -2.06. The zero-order valence-electron chi connectivity index (χ0n) is 11.4. The van der Waals surface area contributed by atoms with E-state index in [1.165, 1.54) is 4.68 Å². The summed E-state index contributed by atoms with van der Waals surface area (Å²) in [5.74, 6) is -0.852. The Hall–Kier alpha value is -1.23. The summed E-state index contributed by atoms with van der Waals surface area (Å²) >= 11 is 18.2. The number of rotatable bonds is 4. The number of aromatic carboxylic acids is 1. The molecule has 2 aromatic rings. The summed E-state index contributed by atoms with van der Waals surface area (Å²) in [7, 11) is 0. The molecule has 0 amide bonds. The zero-order valence-corrected chi connectivity index (χ0v) is 13.7. The Morgan fingerprint density at radius 2 is 2.00 bits per heavy atom. The number of carboxylic acids is 1. The lowest BCUT2D eigenvalue weighted by Crippen LogP contribution is -2.03. The van der Waals surface area contributed by atoms with Gasteiger partial charge in [-0.3, -0.25) is 0 Å². The van der Waals surface area contributed by atoms with E-state index < -0.39 is 5.97 Å². The summed E-state index contributed by atoms with van der Waals surface area (Å²) in [6, 6.07) is 4.84. The molecular formula is C14H13Cl3N2O2. The maximum absolute atomic E-state index is 11.4. The van der Waals surface area contributed by atoms with Crippen molar-refractivity contribution >= 4 is 40.8 Å². The van der Waals surface area contributed by atoms with Crippen LogP contribution in [0.25, 0.3) is 5.69 Å². The molecule has 21 heavy (non-hydrogen) atoms. The van der Waals surface area contributed by atoms with Crippen LogP contribution < -0.4 is 0 Å². The van der Waals surface area contributed by atoms with E-state index in [0.29, 0.717) is 27.8 Å². The fourth-order valence-electron chi connectivity index (χ4n) is 1.99. The SMILES string of the molecule is CC(C)Cc1nn(-c2ccc(Cl)cc2Cl)c(Cl)c1C(=O)O. The van der Waals surface area contributed by atoms with Crippen LogP contribution in [-0.2, 0) is 6.42 Å². The Morgan fingerprint density at radius 1 is 1.33 bits per heavy atom. The minimum absolute atomic E-state index is 0.0105. The molecule has 1 N–H and O–H groups in total. The number of carboxylic acid groups (broad SMARTS) is 1. The number of nitrogens with zero attached hydrogens (tertiary/aromatic N) is 2. The molecule has 4 nitrogen and oxygen atoms in total. The van der Waals surface area contributed by atoms with Crippen LogP contribution in [0.15, 0.2) is 18.2 Å². The first-order valence-corrected chi connectivity index (χ1v) is 7.40. The van der Waals surface area contributed by atoms with Gasteiger partial charge in [0, 0.05) is 5.02 Å². The third kappa shape index (κ3) is 3.34. The maximum atomic E-state index is 11.4. The molecular weight excluding hydrogens is 335 g/mol. The van der Waals surface area contributed by atoms with Crippen molar-refractivity contribution in [2.24, 2.45) is 5.92 Å². The fraction of sp³-hybridized carbons (Fsp3) is 0.286. The van der Waals surface area contributed by atoms with Gasteiger partial charge in [0.1, 0.15) is 10.7 Å². The van der Waals surface area contributed by atoms with Gasteiger partial charge in [-0.1, -0.05) is 48.7 Å². The lowest BCUT2D eigenvalue weighted by atomic mass is 10.1. The summed E-state index contributed by atoms with van der Waals surface area (Å²) in [5, 5.41) is 14.5. The van der Waals surface area contributed by atoms with Gasteiger partial charge in [-0.25, -0.2) is 9.48 Å². The Morgan fingerprint density at radius 3 is 2.52 bits per heavy atom. The Kier molecular flexibility index (Phi) is 4.81. The average molecular weight is 348 g/mol. The molecule has 1 aromatic carbocycles. The van der Waals surface area contributed by atoms with E-state index in [-0.39, 0.29) is 16.6 Å². The highest BCUT2D eigenvalue weighted by atomic mass is 35.5. The van der Waals surface area contributed by atoms with Crippen molar-refractivity contribution in [2.45, 2.75) is 20.3 Å². The van der Waals surface area contributed by atoms with Crippen molar-refractivity contribution in [1.29, 1.82) is 0 Å². The Bertz CT molecular complexity index is 696. The average Bonchev–Trinajstić information content (AvgIpc) is 2.65. The van der Waals surface area contributed by atoms with Crippen LogP contribution in [0.2, 0.25) is 15.2 Å². The molecule has 2 rings (SSSR count). The first kappa shape index (κ1) is 16.1. The third-order valence-corrected chi connectivity index (χ3v) is 3.74. The van der Waals surface area contributed by atoms with Crippen molar-refractivity contribution in [3.8, 4) is 5.69 Å². The van der Waals surface area contributed by atoms with Gasteiger partial charge in [0.2, 0.25) is 0 Å². The van der Waals surface area contributed by atoms with E-state index in [1.54, 1.807) is 18.2 Å². The lowest BCUT2D eigenvalue weighted by molar-refractivity contribution is 0.0695. The van der Waals surface area contributed by atoms with Crippen LogP contribution in [0.5, 0.6) is 0 Å². The molecule has 0 aliphatic heterocycles. The first-order chi connectivity index (χ1) is 9.81. The van der Waals surface area contributed by atoms with E-state index in [9.17, 15) is 9.90 Å². The van der Waals surface area contributed by atoms with Crippen molar-refractivity contribution < 1.29 is 9.90 Å². The predicted octanol–water partition coefficient (Wildman–Crippen LogP) is 4.73. The molecule has 0 aliphatic rings. The molecule has 7 heteroatoms. The predicted molar refractivity (Wildman–Crippen MR) is 84.1 cm³/mol. The standard InChI is InChI=1S/C14H13Cl3N2O2/c1-7(2)5-10-12(14(20)21)13(17)19(18-10)11-4-3-8(15)6-9(11)16/h3-4,6-7H,5H2,1-2H3,(H,20,21). The highest BCUT2D eigenvalue weighted by Crippen LogP contribution is 2.30. The van der Waals surface area contributed by atoms with Gasteiger partial charge < -0.3 is 5.11 Å². The van der Waals surface area contributed by atoms with E-state index in [2.05, 4.69) is 5.10 Å². The van der Waals surface area contributed by atoms with Crippen molar-refractivity contribution in [2.75, 3.05) is 0 Å². The quantitative estimate of drug-likeness (QED) is 0.870. The van der Waals surface area contributed by atoms with Crippen molar-refractivity contribution in [3.63, 3.8) is 0 Å². The van der Waals surface area contributed by atoms with Crippen LogP contribution in [-0.4, -0.2) is 20.9 Å². The topological polar surface area (TPSA) is 55.1 Å². The first-order valence-electron chi connectivity index (χ1n) is 6.27. The summed E-state index contributed by atoms with van der Waals surface area (Å²) in [4.78, 5) is 11.4. The molecule has 1 heterocycles. The van der Waals surface area contributed by atoms with E-state index in [4.69, 9.17) is 34.8 Å². The third-order valence-electron chi connectivity index (χ3n) is 2.85. The van der Waals surface area contributed by atoms with Crippen molar-refractivity contribution in [1.82, 2.24) is 9.78 Å². The highest BCUT2D eigenvalue weighted by Gasteiger charge is 2.24. The molecule has 0 bridgehead atoms. The molecule has 0 fully saturated rings. The van der Waals surface area contributed by atoms with Crippen LogP contribution in [0, 0.1) is 5.92 Å². The Labute approximate surface area is 137 Å². The Balaban J connectivity index is 2.62. The monoisotopic (exact) mass is 346 g/mol. The van der Waals surface area contributed by atoms with Crippen LogP contribution in [0.1, 0.15) is 29.9 Å². The second-order valence-corrected chi connectivity index (χ2v) is 6.22. The molecule has 0 saturated carbocycles. The zero-order chi connectivity index (χ0) is 15.7. The molecule has 0 unspecified atom stereocenters.